The second kappa shape index (κ2) is 7.39. The number of carboxylic acids is 1. The zero-order chi connectivity index (χ0) is 12.7. The van der Waals surface area contributed by atoms with Gasteiger partial charge in [0, 0.05) is 19.0 Å². The van der Waals surface area contributed by atoms with Crippen LogP contribution in [0, 0.1) is 0 Å². The summed E-state index contributed by atoms with van der Waals surface area (Å²) in [6.07, 6.45) is 0.538. The first-order chi connectivity index (χ1) is 8.09. The third-order valence-electron chi connectivity index (χ3n) is 2.54. The average molecular weight is 262 g/mol. The normalized spacial score (nSPS) is 18.4. The van der Waals surface area contributed by atoms with Gasteiger partial charge in [0.15, 0.2) is 6.10 Å². The lowest BCUT2D eigenvalue weighted by Crippen LogP contribution is -2.44. The van der Waals surface area contributed by atoms with Crippen LogP contribution in [0.25, 0.3) is 0 Å². The van der Waals surface area contributed by atoms with E-state index < -0.39 is 12.1 Å². The Labute approximate surface area is 104 Å². The van der Waals surface area contributed by atoms with Crippen LogP contribution in [0.1, 0.15) is 19.3 Å². The minimum absolute atomic E-state index is 0.0171. The molecule has 17 heavy (non-hydrogen) atoms. The number of nitrogens with one attached hydrogen (secondary N) is 2. The Morgan fingerprint density at radius 3 is 2.59 bits per heavy atom. The second-order valence-electron chi connectivity index (χ2n) is 3.93. The molecule has 1 saturated heterocycles. The molecule has 2 amide bonds. The van der Waals surface area contributed by atoms with Crippen molar-refractivity contribution in [3.8, 4) is 0 Å². The minimum atomic E-state index is -1.42. The first-order valence-electron chi connectivity index (χ1n) is 5.62. The van der Waals surface area contributed by atoms with Gasteiger partial charge in [0.25, 0.3) is 0 Å². The lowest BCUT2D eigenvalue weighted by Gasteiger charge is -2.22. The number of aliphatic carboxylic acids is 1. The average Bonchev–Trinajstić information content (AvgIpc) is 2.30. The number of aliphatic hydroxyl groups excluding tert-OH is 1. The molecule has 6 nitrogen and oxygen atoms in total. The monoisotopic (exact) mass is 262 g/mol. The van der Waals surface area contributed by atoms with E-state index in [1.54, 1.807) is 0 Å². The van der Waals surface area contributed by atoms with Crippen LogP contribution in [0.4, 0.5) is 4.79 Å². The molecule has 0 saturated carbocycles. The molecule has 0 aliphatic carbocycles. The largest absolute Gasteiger partial charge is 0.479 e. The first kappa shape index (κ1) is 14.1. The molecule has 0 bridgehead atoms. The molecule has 0 aromatic rings. The van der Waals surface area contributed by atoms with E-state index in [-0.39, 0.29) is 25.0 Å². The van der Waals surface area contributed by atoms with Crippen LogP contribution in [-0.2, 0) is 4.79 Å². The number of carbonyl (C=O) groups excluding carboxylic acids is 1. The smallest absolute Gasteiger partial charge is 0.332 e. The van der Waals surface area contributed by atoms with Gasteiger partial charge in [-0.3, -0.25) is 0 Å². The maximum atomic E-state index is 11.4. The van der Waals surface area contributed by atoms with E-state index in [1.807, 2.05) is 11.8 Å². The maximum absolute atomic E-state index is 11.4. The summed E-state index contributed by atoms with van der Waals surface area (Å²) >= 11 is 1.88. The number of aliphatic hydroxyl groups is 1. The van der Waals surface area contributed by atoms with Crippen LogP contribution >= 0.6 is 11.8 Å². The predicted octanol–water partition coefficient (Wildman–Crippen LogP) is 0.0168. The van der Waals surface area contributed by atoms with Gasteiger partial charge in [-0.05, 0) is 24.3 Å². The van der Waals surface area contributed by atoms with Crippen molar-refractivity contribution in [2.24, 2.45) is 0 Å². The number of hydrogen-bond donors (Lipinski definition) is 4. The molecule has 1 rings (SSSR count). The standard InChI is InChI=1S/C10H18N2O4S/c13-8(9(14)15)1-4-11-10(16)12-7-2-5-17-6-3-7/h7-8,13H,1-6H2,(H,14,15)(H2,11,12,16). The zero-order valence-electron chi connectivity index (χ0n) is 9.52. The van der Waals surface area contributed by atoms with Crippen LogP contribution < -0.4 is 10.6 Å². The van der Waals surface area contributed by atoms with Gasteiger partial charge in [0.2, 0.25) is 0 Å². The van der Waals surface area contributed by atoms with Crippen LogP contribution in [0.3, 0.4) is 0 Å². The first-order valence-corrected chi connectivity index (χ1v) is 6.78. The third kappa shape index (κ3) is 5.78. The van der Waals surface area contributed by atoms with Gasteiger partial charge in [0.05, 0.1) is 0 Å². The second-order valence-corrected chi connectivity index (χ2v) is 5.15. The lowest BCUT2D eigenvalue weighted by molar-refractivity contribution is -0.146. The fourth-order valence-corrected chi connectivity index (χ4v) is 2.63. The third-order valence-corrected chi connectivity index (χ3v) is 3.59. The highest BCUT2D eigenvalue weighted by Gasteiger charge is 2.16. The Balaban J connectivity index is 2.10. The van der Waals surface area contributed by atoms with Gasteiger partial charge in [0.1, 0.15) is 0 Å². The number of hydrogen-bond acceptors (Lipinski definition) is 4. The van der Waals surface area contributed by atoms with Crippen molar-refractivity contribution >= 4 is 23.8 Å². The molecular formula is C10H18N2O4S. The highest BCUT2D eigenvalue weighted by atomic mass is 32.2. The molecule has 98 valence electrons. The highest BCUT2D eigenvalue weighted by Crippen LogP contribution is 2.16. The summed E-state index contributed by atoms with van der Waals surface area (Å²) in [7, 11) is 0. The van der Waals surface area contributed by atoms with Crippen molar-refractivity contribution in [1.29, 1.82) is 0 Å². The zero-order valence-corrected chi connectivity index (χ0v) is 10.3. The fourth-order valence-electron chi connectivity index (χ4n) is 1.52. The Morgan fingerprint density at radius 1 is 1.35 bits per heavy atom. The maximum Gasteiger partial charge on any atom is 0.332 e. The van der Waals surface area contributed by atoms with Crippen molar-refractivity contribution in [1.82, 2.24) is 10.6 Å². The quantitative estimate of drug-likeness (QED) is 0.560. The molecule has 7 heteroatoms. The summed E-state index contributed by atoms with van der Waals surface area (Å²) in [6, 6.07) is -0.0832. The van der Waals surface area contributed by atoms with E-state index in [1.165, 1.54) is 0 Å². The van der Waals surface area contributed by atoms with Crippen molar-refractivity contribution in [2.75, 3.05) is 18.1 Å². The van der Waals surface area contributed by atoms with Gasteiger partial charge in [-0.25, -0.2) is 9.59 Å². The van der Waals surface area contributed by atoms with E-state index >= 15 is 0 Å². The molecule has 1 fully saturated rings. The number of carbonyl (C=O) groups is 2. The van der Waals surface area contributed by atoms with Gasteiger partial charge >= 0.3 is 12.0 Å². The van der Waals surface area contributed by atoms with Gasteiger partial charge in [-0.2, -0.15) is 11.8 Å². The van der Waals surface area contributed by atoms with Crippen molar-refractivity contribution in [2.45, 2.75) is 31.4 Å². The van der Waals surface area contributed by atoms with E-state index in [4.69, 9.17) is 10.2 Å². The van der Waals surface area contributed by atoms with Crippen LogP contribution in [0.5, 0.6) is 0 Å². The summed E-state index contributed by atoms with van der Waals surface area (Å²) in [6.45, 7) is 0.154. The number of thioether (sulfide) groups is 1. The van der Waals surface area contributed by atoms with E-state index in [9.17, 15) is 9.59 Å². The summed E-state index contributed by atoms with van der Waals surface area (Å²) in [5, 5.41) is 22.8. The summed E-state index contributed by atoms with van der Waals surface area (Å²) in [5.41, 5.74) is 0. The van der Waals surface area contributed by atoms with E-state index in [0.29, 0.717) is 0 Å². The topological polar surface area (TPSA) is 98.7 Å². The molecule has 1 atom stereocenters. The van der Waals surface area contributed by atoms with Crippen molar-refractivity contribution in [3.63, 3.8) is 0 Å². The molecule has 1 aliphatic rings. The molecule has 1 unspecified atom stereocenters. The van der Waals surface area contributed by atoms with Gasteiger partial charge < -0.3 is 20.8 Å². The van der Waals surface area contributed by atoms with Gasteiger partial charge in [-0.15, -0.1) is 0 Å². The molecule has 0 spiro atoms. The number of rotatable bonds is 5. The summed E-state index contributed by atoms with van der Waals surface area (Å²) < 4.78 is 0. The SMILES string of the molecule is O=C(NCCC(O)C(=O)O)NC1CCSCC1. The van der Waals surface area contributed by atoms with Crippen LogP contribution in [-0.4, -0.2) is 52.4 Å². The Kier molecular flexibility index (Phi) is 6.13. The molecule has 0 radical (unpaired) electrons. The lowest BCUT2D eigenvalue weighted by atomic mass is 10.2. The molecule has 4 N–H and O–H groups in total. The van der Waals surface area contributed by atoms with Gasteiger partial charge in [-0.1, -0.05) is 0 Å². The van der Waals surface area contributed by atoms with E-state index in [2.05, 4.69) is 10.6 Å². The minimum Gasteiger partial charge on any atom is -0.479 e. The molecule has 0 aromatic heterocycles. The van der Waals surface area contributed by atoms with Crippen LogP contribution in [0.2, 0.25) is 0 Å². The molecule has 1 heterocycles. The Morgan fingerprint density at radius 2 is 2.00 bits per heavy atom. The van der Waals surface area contributed by atoms with Crippen molar-refractivity contribution < 1.29 is 19.8 Å². The van der Waals surface area contributed by atoms with Crippen molar-refractivity contribution in [3.05, 3.63) is 0 Å². The Bertz CT molecular complexity index is 269. The number of urea groups is 1. The predicted molar refractivity (Wildman–Crippen MR) is 65.1 cm³/mol. The number of amides is 2. The summed E-state index contributed by atoms with van der Waals surface area (Å²) in [5.74, 6) is 0.849. The fraction of sp³-hybridized carbons (Fsp3) is 0.800. The Hall–Kier alpha value is -0.950. The molecule has 0 aromatic carbocycles. The molecular weight excluding hydrogens is 244 g/mol. The van der Waals surface area contributed by atoms with E-state index in [0.717, 1.165) is 24.3 Å². The number of carboxylic acid groups (broad SMARTS) is 1. The highest BCUT2D eigenvalue weighted by molar-refractivity contribution is 7.99. The summed E-state index contributed by atoms with van der Waals surface area (Å²) in [4.78, 5) is 21.7. The molecule has 1 aliphatic heterocycles. The van der Waals surface area contributed by atoms with Crippen LogP contribution in [0.15, 0.2) is 0 Å².